The van der Waals surface area contributed by atoms with Crippen LogP contribution < -0.4 is 0 Å². The van der Waals surface area contributed by atoms with Crippen LogP contribution in [0.4, 0.5) is 0 Å². The van der Waals surface area contributed by atoms with Gasteiger partial charge in [-0.25, -0.2) is 9.97 Å². The monoisotopic (exact) mass is 226 g/mol. The second-order valence-electron chi connectivity index (χ2n) is 4.06. The van der Waals surface area contributed by atoms with E-state index in [9.17, 15) is 4.79 Å². The van der Waals surface area contributed by atoms with Gasteiger partial charge in [-0.05, 0) is 26.0 Å². The summed E-state index contributed by atoms with van der Waals surface area (Å²) in [5, 5.41) is 0. The lowest BCUT2D eigenvalue weighted by Gasteiger charge is -2.02. The van der Waals surface area contributed by atoms with Gasteiger partial charge in [0, 0.05) is 11.8 Å². The average molecular weight is 226 g/mol. The Balaban J connectivity index is 2.17. The van der Waals surface area contributed by atoms with Crippen molar-refractivity contribution in [2.24, 2.45) is 0 Å². The highest BCUT2D eigenvalue weighted by molar-refractivity contribution is 5.97. The zero-order valence-corrected chi connectivity index (χ0v) is 9.97. The summed E-state index contributed by atoms with van der Waals surface area (Å²) in [5.41, 5.74) is 2.60. The van der Waals surface area contributed by atoms with Gasteiger partial charge in [-0.3, -0.25) is 4.79 Å². The molecule has 2 aromatic rings. The third-order valence-electron chi connectivity index (χ3n) is 2.52. The summed E-state index contributed by atoms with van der Waals surface area (Å²) in [7, 11) is 0. The van der Waals surface area contributed by atoms with E-state index in [0.717, 1.165) is 16.8 Å². The number of hydrogen-bond acceptors (Lipinski definition) is 3. The largest absolute Gasteiger partial charge is 0.294 e. The lowest BCUT2D eigenvalue weighted by molar-refractivity contribution is 0.0992. The standard InChI is InChI=1S/C14H14N2O/c1-10-4-3-5-12(8-10)14(17)9-13-6-7-15-11(2)16-13/h3-8H,9H2,1-2H3. The van der Waals surface area contributed by atoms with Gasteiger partial charge < -0.3 is 0 Å². The molecule has 1 aromatic carbocycles. The summed E-state index contributed by atoms with van der Waals surface area (Å²) in [6.07, 6.45) is 2.01. The molecule has 0 N–H and O–H groups in total. The van der Waals surface area contributed by atoms with Crippen molar-refractivity contribution in [2.75, 3.05) is 0 Å². The molecule has 3 nitrogen and oxygen atoms in total. The van der Waals surface area contributed by atoms with E-state index < -0.39 is 0 Å². The normalized spacial score (nSPS) is 10.2. The average Bonchev–Trinajstić information content (AvgIpc) is 2.29. The van der Waals surface area contributed by atoms with Gasteiger partial charge in [-0.15, -0.1) is 0 Å². The van der Waals surface area contributed by atoms with E-state index in [1.54, 1.807) is 12.3 Å². The predicted octanol–water partition coefficient (Wildman–Crippen LogP) is 2.52. The first kappa shape index (κ1) is 11.5. The Labute approximate surface area is 101 Å². The number of hydrogen-bond donors (Lipinski definition) is 0. The maximum absolute atomic E-state index is 12.0. The van der Waals surface area contributed by atoms with Gasteiger partial charge in [0.25, 0.3) is 0 Å². The van der Waals surface area contributed by atoms with Gasteiger partial charge in [0.1, 0.15) is 5.82 Å². The fourth-order valence-electron chi connectivity index (χ4n) is 1.69. The molecule has 2 rings (SSSR count). The fraction of sp³-hybridized carbons (Fsp3) is 0.214. The second kappa shape index (κ2) is 4.87. The molecular formula is C14H14N2O. The first-order chi connectivity index (χ1) is 8.15. The molecular weight excluding hydrogens is 212 g/mol. The zero-order valence-electron chi connectivity index (χ0n) is 9.97. The van der Waals surface area contributed by atoms with Crippen LogP contribution in [0.1, 0.15) is 27.4 Å². The minimum Gasteiger partial charge on any atom is -0.294 e. The van der Waals surface area contributed by atoms with Crippen LogP contribution in [0.5, 0.6) is 0 Å². The van der Waals surface area contributed by atoms with Crippen molar-refractivity contribution >= 4 is 5.78 Å². The van der Waals surface area contributed by atoms with E-state index in [2.05, 4.69) is 9.97 Å². The van der Waals surface area contributed by atoms with E-state index in [0.29, 0.717) is 12.2 Å². The van der Waals surface area contributed by atoms with Crippen LogP contribution >= 0.6 is 0 Å². The molecule has 0 spiro atoms. The maximum Gasteiger partial charge on any atom is 0.168 e. The molecule has 0 fully saturated rings. The molecule has 0 aliphatic rings. The summed E-state index contributed by atoms with van der Waals surface area (Å²) >= 11 is 0. The Bertz CT molecular complexity index is 549. The third kappa shape index (κ3) is 2.97. The lowest BCUT2D eigenvalue weighted by Crippen LogP contribution is -2.06. The number of benzene rings is 1. The van der Waals surface area contributed by atoms with Gasteiger partial charge in [0.05, 0.1) is 12.1 Å². The first-order valence-electron chi connectivity index (χ1n) is 5.53. The Hall–Kier alpha value is -2.03. The molecule has 0 saturated carbocycles. The number of ketones is 1. The van der Waals surface area contributed by atoms with E-state index in [1.165, 1.54) is 0 Å². The van der Waals surface area contributed by atoms with Crippen LogP contribution in [-0.4, -0.2) is 15.8 Å². The van der Waals surface area contributed by atoms with Crippen LogP contribution in [0.15, 0.2) is 36.5 Å². The predicted molar refractivity (Wildman–Crippen MR) is 66.0 cm³/mol. The summed E-state index contributed by atoms with van der Waals surface area (Å²) in [4.78, 5) is 20.3. The van der Waals surface area contributed by atoms with E-state index in [1.807, 2.05) is 38.1 Å². The van der Waals surface area contributed by atoms with Crippen molar-refractivity contribution in [1.29, 1.82) is 0 Å². The van der Waals surface area contributed by atoms with Crippen molar-refractivity contribution in [3.63, 3.8) is 0 Å². The SMILES string of the molecule is Cc1cccc(C(=O)Cc2ccnc(C)n2)c1. The van der Waals surface area contributed by atoms with Crippen molar-refractivity contribution in [3.05, 3.63) is 59.2 Å². The topological polar surface area (TPSA) is 42.9 Å². The highest BCUT2D eigenvalue weighted by atomic mass is 16.1. The number of aromatic nitrogens is 2. The molecule has 1 aromatic heterocycles. The quantitative estimate of drug-likeness (QED) is 0.755. The Morgan fingerprint density at radius 1 is 1.24 bits per heavy atom. The van der Waals surface area contributed by atoms with Crippen LogP contribution in [0.25, 0.3) is 0 Å². The molecule has 0 amide bonds. The maximum atomic E-state index is 12.0. The Morgan fingerprint density at radius 3 is 2.76 bits per heavy atom. The first-order valence-corrected chi connectivity index (χ1v) is 5.53. The number of carbonyl (C=O) groups is 1. The molecule has 0 radical (unpaired) electrons. The molecule has 1 heterocycles. The lowest BCUT2D eigenvalue weighted by atomic mass is 10.0. The summed E-state index contributed by atoms with van der Waals surface area (Å²) in [5.74, 6) is 0.784. The Kier molecular flexibility index (Phi) is 3.28. The second-order valence-corrected chi connectivity index (χ2v) is 4.06. The summed E-state index contributed by atoms with van der Waals surface area (Å²) in [6, 6.07) is 9.39. The number of rotatable bonds is 3. The molecule has 86 valence electrons. The molecule has 0 atom stereocenters. The molecule has 0 aliphatic carbocycles. The Morgan fingerprint density at radius 2 is 2.06 bits per heavy atom. The molecule has 0 aliphatic heterocycles. The zero-order chi connectivity index (χ0) is 12.3. The highest BCUT2D eigenvalue weighted by Crippen LogP contribution is 2.08. The van der Waals surface area contributed by atoms with Crippen molar-refractivity contribution in [1.82, 2.24) is 9.97 Å². The van der Waals surface area contributed by atoms with Crippen molar-refractivity contribution in [3.8, 4) is 0 Å². The minimum absolute atomic E-state index is 0.0896. The highest BCUT2D eigenvalue weighted by Gasteiger charge is 2.08. The van der Waals surface area contributed by atoms with Gasteiger partial charge in [0.15, 0.2) is 5.78 Å². The number of nitrogens with zero attached hydrogens (tertiary/aromatic N) is 2. The van der Waals surface area contributed by atoms with E-state index in [4.69, 9.17) is 0 Å². The summed E-state index contributed by atoms with van der Waals surface area (Å²) in [6.45, 7) is 3.80. The molecule has 17 heavy (non-hydrogen) atoms. The third-order valence-corrected chi connectivity index (χ3v) is 2.52. The molecule has 3 heteroatoms. The van der Waals surface area contributed by atoms with Gasteiger partial charge in [-0.2, -0.15) is 0 Å². The molecule has 0 unspecified atom stereocenters. The number of aryl methyl sites for hydroxylation is 2. The van der Waals surface area contributed by atoms with Crippen LogP contribution in [0.2, 0.25) is 0 Å². The summed E-state index contributed by atoms with van der Waals surface area (Å²) < 4.78 is 0. The molecule has 0 saturated heterocycles. The number of carbonyl (C=O) groups excluding carboxylic acids is 1. The van der Waals surface area contributed by atoms with Gasteiger partial charge in [-0.1, -0.05) is 23.8 Å². The molecule has 0 bridgehead atoms. The van der Waals surface area contributed by atoms with Crippen LogP contribution in [-0.2, 0) is 6.42 Å². The van der Waals surface area contributed by atoms with Crippen LogP contribution in [0, 0.1) is 13.8 Å². The van der Waals surface area contributed by atoms with Gasteiger partial charge in [0.2, 0.25) is 0 Å². The number of Topliss-reactive ketones (excluding diaryl/α,β-unsaturated/α-hetero) is 1. The van der Waals surface area contributed by atoms with E-state index in [-0.39, 0.29) is 5.78 Å². The smallest absolute Gasteiger partial charge is 0.168 e. The van der Waals surface area contributed by atoms with Gasteiger partial charge >= 0.3 is 0 Å². The van der Waals surface area contributed by atoms with Crippen molar-refractivity contribution in [2.45, 2.75) is 20.3 Å². The fourth-order valence-corrected chi connectivity index (χ4v) is 1.69. The minimum atomic E-state index is 0.0896. The van der Waals surface area contributed by atoms with E-state index >= 15 is 0 Å². The van der Waals surface area contributed by atoms with Crippen molar-refractivity contribution < 1.29 is 4.79 Å². The van der Waals surface area contributed by atoms with Crippen LogP contribution in [0.3, 0.4) is 0 Å².